The van der Waals surface area contributed by atoms with Gasteiger partial charge in [0.15, 0.2) is 11.5 Å². The molecule has 0 radical (unpaired) electrons. The number of thioether (sulfide) groups is 1. The molecule has 2 aromatic carbocycles. The molecule has 0 saturated carbocycles. The Hall–Kier alpha value is -3.33. The van der Waals surface area contributed by atoms with Gasteiger partial charge in [-0.1, -0.05) is 37.7 Å². The maximum Gasteiger partial charge on any atom is 0.325 e. The molecule has 5 rings (SSSR count). The third-order valence-corrected chi connectivity index (χ3v) is 6.05. The topological polar surface area (TPSA) is 88.4 Å². The summed E-state index contributed by atoms with van der Waals surface area (Å²) in [6, 6.07) is 13.0. The minimum Gasteiger partial charge on any atom is -0.454 e. The molecule has 0 aliphatic carbocycles. The maximum absolute atomic E-state index is 13.2. The lowest BCUT2D eigenvalue weighted by Crippen LogP contribution is -2.60. The molecule has 158 valence electrons. The van der Waals surface area contributed by atoms with E-state index in [0.29, 0.717) is 40.0 Å². The molecule has 1 amide bonds. The lowest BCUT2D eigenvalue weighted by atomic mass is 10.0. The van der Waals surface area contributed by atoms with Crippen molar-refractivity contribution < 1.29 is 19.0 Å². The van der Waals surface area contributed by atoms with Crippen LogP contribution in [0, 0.1) is 0 Å². The fourth-order valence-electron chi connectivity index (χ4n) is 3.99. The number of carbonyl (C=O) groups excluding carboxylic acids is 1. The van der Waals surface area contributed by atoms with Crippen LogP contribution in [0.25, 0.3) is 11.3 Å². The highest BCUT2D eigenvalue weighted by Gasteiger charge is 2.45. The first-order valence-corrected chi connectivity index (χ1v) is 11.1. The summed E-state index contributed by atoms with van der Waals surface area (Å²) in [6.45, 7) is 3.97. The van der Waals surface area contributed by atoms with Gasteiger partial charge in [-0.2, -0.15) is 0 Å². The summed E-state index contributed by atoms with van der Waals surface area (Å²) in [7, 11) is 0. The molecular formula is C22H21N4O4S+. The van der Waals surface area contributed by atoms with E-state index >= 15 is 0 Å². The molecule has 2 aliphatic rings. The van der Waals surface area contributed by atoms with Gasteiger partial charge in [-0.15, -0.1) is 0 Å². The average molecular weight is 438 g/mol. The smallest absolute Gasteiger partial charge is 0.325 e. The largest absolute Gasteiger partial charge is 0.454 e. The molecule has 0 fully saturated rings. The SMILES string of the molecule is CCSc1n[n+]2c(c(=O)[nH]1)-c1ccccc1N(C(=O)CC)[C@H]2c1ccc2c(c1)OCO2. The van der Waals surface area contributed by atoms with Crippen molar-refractivity contribution in [2.75, 3.05) is 17.4 Å². The highest BCUT2D eigenvalue weighted by molar-refractivity contribution is 7.99. The van der Waals surface area contributed by atoms with Crippen molar-refractivity contribution >= 4 is 23.4 Å². The molecule has 1 N–H and O–H groups in total. The van der Waals surface area contributed by atoms with Gasteiger partial charge in [0.25, 0.3) is 6.17 Å². The number of carbonyl (C=O) groups is 1. The van der Waals surface area contributed by atoms with Gasteiger partial charge in [-0.25, -0.2) is 4.90 Å². The first-order chi connectivity index (χ1) is 15.1. The Bertz CT molecular complexity index is 1240. The molecule has 9 heteroatoms. The van der Waals surface area contributed by atoms with Gasteiger partial charge >= 0.3 is 11.3 Å². The predicted octanol–water partition coefficient (Wildman–Crippen LogP) is 2.87. The Balaban J connectivity index is 1.81. The molecule has 0 spiro atoms. The molecule has 2 aliphatic heterocycles. The summed E-state index contributed by atoms with van der Waals surface area (Å²) in [6.07, 6.45) is -0.323. The van der Waals surface area contributed by atoms with E-state index in [4.69, 9.17) is 14.6 Å². The fraction of sp³-hybridized carbons (Fsp3) is 0.273. The van der Waals surface area contributed by atoms with Gasteiger partial charge in [-0.05, 0) is 40.8 Å². The summed E-state index contributed by atoms with van der Waals surface area (Å²) in [4.78, 5) is 30.9. The predicted molar refractivity (Wildman–Crippen MR) is 115 cm³/mol. The highest BCUT2D eigenvalue weighted by Crippen LogP contribution is 2.40. The molecule has 0 saturated heterocycles. The van der Waals surface area contributed by atoms with Crippen LogP contribution in [-0.4, -0.2) is 28.5 Å². The quantitative estimate of drug-likeness (QED) is 0.499. The summed E-state index contributed by atoms with van der Waals surface area (Å²) >= 11 is 1.44. The van der Waals surface area contributed by atoms with Crippen LogP contribution < -0.4 is 24.6 Å². The summed E-state index contributed by atoms with van der Waals surface area (Å²) in [5.74, 6) is 1.95. The summed E-state index contributed by atoms with van der Waals surface area (Å²) in [5.41, 5.74) is 2.30. The lowest BCUT2D eigenvalue weighted by Gasteiger charge is -2.32. The second kappa shape index (κ2) is 7.73. The first-order valence-electron chi connectivity index (χ1n) is 10.1. The molecule has 3 heterocycles. The summed E-state index contributed by atoms with van der Waals surface area (Å²) in [5, 5.41) is 5.24. The number of amides is 1. The molecule has 0 bridgehead atoms. The number of ether oxygens (including phenoxy) is 2. The Morgan fingerprint density at radius 2 is 2.03 bits per heavy atom. The second-order valence-electron chi connectivity index (χ2n) is 7.11. The third-order valence-electron chi connectivity index (χ3n) is 5.31. The molecule has 8 nitrogen and oxygen atoms in total. The van der Waals surface area contributed by atoms with Crippen LogP contribution in [0.1, 0.15) is 32.0 Å². The molecule has 31 heavy (non-hydrogen) atoms. The van der Waals surface area contributed by atoms with Crippen molar-refractivity contribution in [3.8, 4) is 22.8 Å². The van der Waals surface area contributed by atoms with Gasteiger partial charge in [0, 0.05) is 17.1 Å². The van der Waals surface area contributed by atoms with Crippen LogP contribution in [0.4, 0.5) is 5.69 Å². The number of fused-ring (bicyclic) bond motifs is 4. The van der Waals surface area contributed by atoms with Crippen LogP contribution >= 0.6 is 11.8 Å². The molecule has 1 atom stereocenters. The minimum atomic E-state index is -0.634. The highest BCUT2D eigenvalue weighted by atomic mass is 32.2. The van der Waals surface area contributed by atoms with Gasteiger partial charge in [0.1, 0.15) is 0 Å². The minimum absolute atomic E-state index is 0.0694. The number of nitrogens with one attached hydrogen (secondary N) is 1. The van der Waals surface area contributed by atoms with Crippen LogP contribution in [-0.2, 0) is 4.79 Å². The van der Waals surface area contributed by atoms with Crippen molar-refractivity contribution in [1.82, 2.24) is 10.1 Å². The molecule has 1 aromatic heterocycles. The van der Waals surface area contributed by atoms with E-state index in [2.05, 4.69) is 4.98 Å². The van der Waals surface area contributed by atoms with Crippen LogP contribution in [0.2, 0.25) is 0 Å². The Morgan fingerprint density at radius 3 is 2.84 bits per heavy atom. The normalized spacial score (nSPS) is 16.1. The summed E-state index contributed by atoms with van der Waals surface area (Å²) < 4.78 is 12.7. The van der Waals surface area contributed by atoms with E-state index in [1.54, 1.807) is 9.58 Å². The standard InChI is InChI=1S/C22H20N4O4S/c1-3-18(27)25-15-8-6-5-7-14(15)19-20(28)23-22(31-4-2)24-26(19)21(25)13-9-10-16-17(11-13)30-12-29-16/h5-11,21H,3-4,12H2,1-2H3/p+1/t21-/m1/s1. The van der Waals surface area contributed by atoms with E-state index in [-0.39, 0.29) is 18.3 Å². The van der Waals surface area contributed by atoms with Gasteiger partial charge in [0.05, 0.1) is 11.3 Å². The average Bonchev–Trinajstić information content (AvgIpc) is 3.25. The number of rotatable bonds is 4. The number of benzene rings is 2. The molecular weight excluding hydrogens is 416 g/mol. The van der Waals surface area contributed by atoms with E-state index in [9.17, 15) is 9.59 Å². The lowest BCUT2D eigenvalue weighted by molar-refractivity contribution is -0.763. The fourth-order valence-corrected chi connectivity index (χ4v) is 4.57. The van der Waals surface area contributed by atoms with E-state index in [1.165, 1.54) is 11.8 Å². The van der Waals surface area contributed by atoms with Crippen LogP contribution in [0.5, 0.6) is 11.5 Å². The monoisotopic (exact) mass is 437 g/mol. The second-order valence-corrected chi connectivity index (χ2v) is 8.36. The Morgan fingerprint density at radius 1 is 1.23 bits per heavy atom. The number of anilines is 1. The van der Waals surface area contributed by atoms with Crippen LogP contribution in [0.3, 0.4) is 0 Å². The Kier molecular flexibility index (Phi) is 4.90. The van der Waals surface area contributed by atoms with Gasteiger partial charge in [-0.3, -0.25) is 14.6 Å². The van der Waals surface area contributed by atoms with Crippen molar-refractivity contribution in [3.05, 3.63) is 58.4 Å². The zero-order valence-corrected chi connectivity index (χ0v) is 17.9. The zero-order valence-electron chi connectivity index (χ0n) is 17.1. The van der Waals surface area contributed by atoms with E-state index < -0.39 is 6.17 Å². The zero-order chi connectivity index (χ0) is 21.5. The maximum atomic E-state index is 13.2. The van der Waals surface area contributed by atoms with Crippen molar-refractivity contribution in [2.45, 2.75) is 31.6 Å². The van der Waals surface area contributed by atoms with Gasteiger partial charge in [0.2, 0.25) is 17.9 Å². The number of aromatic amines is 1. The number of nitrogens with zero attached hydrogens (tertiary/aromatic N) is 3. The van der Waals surface area contributed by atoms with Crippen molar-refractivity contribution in [3.63, 3.8) is 0 Å². The van der Waals surface area contributed by atoms with Crippen LogP contribution in [0.15, 0.2) is 52.4 Å². The first kappa shape index (κ1) is 19.6. The number of H-pyrrole nitrogens is 1. The third kappa shape index (κ3) is 3.16. The number of para-hydroxylation sites is 1. The Labute approximate surface area is 182 Å². The number of hydrogen-bond acceptors (Lipinski definition) is 6. The molecule has 0 unspecified atom stereocenters. The van der Waals surface area contributed by atoms with Crippen molar-refractivity contribution in [2.24, 2.45) is 0 Å². The van der Waals surface area contributed by atoms with Crippen molar-refractivity contribution in [1.29, 1.82) is 0 Å². The van der Waals surface area contributed by atoms with E-state index in [1.807, 2.05) is 56.3 Å². The number of aromatic nitrogens is 3. The molecule has 3 aromatic rings. The van der Waals surface area contributed by atoms with E-state index in [0.717, 1.165) is 11.3 Å². The van der Waals surface area contributed by atoms with Gasteiger partial charge < -0.3 is 9.47 Å². The number of hydrogen-bond donors (Lipinski definition) is 1.